The monoisotopic (exact) mass is 279 g/mol. The van der Waals surface area contributed by atoms with E-state index in [9.17, 15) is 4.39 Å². The number of nitrogens with zero attached hydrogens (tertiary/aromatic N) is 2. The number of guanidine groups is 2. The highest BCUT2D eigenvalue weighted by molar-refractivity contribution is 5.93. The van der Waals surface area contributed by atoms with E-state index in [1.54, 1.807) is 6.07 Å². The maximum Gasteiger partial charge on any atom is 0.223 e. The second kappa shape index (κ2) is 6.23. The zero-order chi connectivity index (χ0) is 14.5. The topological polar surface area (TPSA) is 112 Å². The van der Waals surface area contributed by atoms with Gasteiger partial charge in [0.05, 0.1) is 11.8 Å². The standard InChI is InChI=1S/C13H18FN5O/c14-10-7-8(18-13(17)19-12(15)16)5-6-11(10)20-9-3-1-2-4-9/h5-7,9H,1-4H2,(H6,15,16,17,18,19). The van der Waals surface area contributed by atoms with Crippen LogP contribution in [0.3, 0.4) is 0 Å². The molecule has 0 amide bonds. The molecule has 7 heteroatoms. The first kappa shape index (κ1) is 14.1. The second-order valence-corrected chi connectivity index (χ2v) is 4.65. The number of hydrogen-bond acceptors (Lipinski definition) is 2. The molecule has 1 aromatic carbocycles. The summed E-state index contributed by atoms with van der Waals surface area (Å²) in [4.78, 5) is 7.44. The molecule has 1 aromatic rings. The van der Waals surface area contributed by atoms with E-state index in [0.717, 1.165) is 25.7 Å². The molecule has 0 aromatic heterocycles. The minimum absolute atomic E-state index is 0.102. The average Bonchev–Trinajstić information content (AvgIpc) is 2.84. The summed E-state index contributed by atoms with van der Waals surface area (Å²) in [6, 6.07) is 4.37. The SMILES string of the molecule is NC(N)=NC(N)=Nc1ccc(OC2CCCC2)c(F)c1. The smallest absolute Gasteiger partial charge is 0.223 e. The van der Waals surface area contributed by atoms with Gasteiger partial charge in [-0.1, -0.05) is 0 Å². The van der Waals surface area contributed by atoms with E-state index in [1.807, 2.05) is 0 Å². The molecule has 2 rings (SSSR count). The van der Waals surface area contributed by atoms with Crippen molar-refractivity contribution in [3.05, 3.63) is 24.0 Å². The highest BCUT2D eigenvalue weighted by Gasteiger charge is 2.18. The number of hydrogen-bond donors (Lipinski definition) is 3. The Hall–Kier alpha value is -2.31. The second-order valence-electron chi connectivity index (χ2n) is 4.65. The van der Waals surface area contributed by atoms with E-state index in [-0.39, 0.29) is 23.8 Å². The molecule has 0 unspecified atom stereocenters. The van der Waals surface area contributed by atoms with Gasteiger partial charge in [0.1, 0.15) is 0 Å². The largest absolute Gasteiger partial charge is 0.487 e. The Labute approximate surface area is 116 Å². The van der Waals surface area contributed by atoms with Gasteiger partial charge in [0.2, 0.25) is 5.96 Å². The zero-order valence-corrected chi connectivity index (χ0v) is 11.1. The number of nitrogens with two attached hydrogens (primary N) is 3. The summed E-state index contributed by atoms with van der Waals surface area (Å²) in [5.41, 5.74) is 16.1. The van der Waals surface area contributed by atoms with Gasteiger partial charge in [0.25, 0.3) is 0 Å². The predicted molar refractivity (Wildman–Crippen MR) is 76.4 cm³/mol. The van der Waals surface area contributed by atoms with Crippen LogP contribution < -0.4 is 21.9 Å². The molecule has 1 saturated carbocycles. The summed E-state index contributed by atoms with van der Waals surface area (Å²) in [6.45, 7) is 0. The van der Waals surface area contributed by atoms with Crippen molar-refractivity contribution < 1.29 is 9.13 Å². The van der Waals surface area contributed by atoms with Crippen molar-refractivity contribution in [2.75, 3.05) is 0 Å². The van der Waals surface area contributed by atoms with Crippen LogP contribution in [0.15, 0.2) is 28.2 Å². The Kier molecular flexibility index (Phi) is 4.39. The lowest BCUT2D eigenvalue weighted by Crippen LogP contribution is -2.26. The molecule has 0 heterocycles. The van der Waals surface area contributed by atoms with Crippen molar-refractivity contribution in [2.24, 2.45) is 27.2 Å². The van der Waals surface area contributed by atoms with E-state index in [2.05, 4.69) is 9.98 Å². The lowest BCUT2D eigenvalue weighted by molar-refractivity contribution is 0.201. The maximum absolute atomic E-state index is 13.9. The Morgan fingerprint density at radius 2 is 1.90 bits per heavy atom. The summed E-state index contributed by atoms with van der Waals surface area (Å²) in [5.74, 6) is -0.575. The van der Waals surface area contributed by atoms with Gasteiger partial charge in [-0.2, -0.15) is 4.99 Å². The Bertz CT molecular complexity index is 534. The van der Waals surface area contributed by atoms with Crippen LogP contribution in [0.25, 0.3) is 0 Å². The van der Waals surface area contributed by atoms with Gasteiger partial charge in [0, 0.05) is 6.07 Å². The van der Waals surface area contributed by atoms with Crippen molar-refractivity contribution in [1.82, 2.24) is 0 Å². The molecule has 1 fully saturated rings. The number of rotatable bonds is 3. The molecule has 0 atom stereocenters. The van der Waals surface area contributed by atoms with E-state index < -0.39 is 5.82 Å². The van der Waals surface area contributed by atoms with Crippen LogP contribution in [0.2, 0.25) is 0 Å². The Balaban J connectivity index is 2.10. The molecule has 0 bridgehead atoms. The van der Waals surface area contributed by atoms with Gasteiger partial charge in [-0.05, 0) is 37.8 Å². The quantitative estimate of drug-likeness (QED) is 0.573. The van der Waals surface area contributed by atoms with Gasteiger partial charge in [-0.3, -0.25) is 0 Å². The summed E-state index contributed by atoms with van der Waals surface area (Å²) < 4.78 is 19.5. The van der Waals surface area contributed by atoms with Gasteiger partial charge >= 0.3 is 0 Å². The molecule has 0 spiro atoms. The van der Waals surface area contributed by atoms with Gasteiger partial charge in [-0.15, -0.1) is 0 Å². The third kappa shape index (κ3) is 3.84. The number of aliphatic imine (C=N–C) groups is 2. The summed E-state index contributed by atoms with van der Waals surface area (Å²) in [6.07, 6.45) is 4.30. The highest BCUT2D eigenvalue weighted by atomic mass is 19.1. The number of halogens is 1. The predicted octanol–water partition coefficient (Wildman–Crippen LogP) is 1.37. The van der Waals surface area contributed by atoms with Crippen LogP contribution in [0.1, 0.15) is 25.7 Å². The molecule has 6 N–H and O–H groups in total. The minimum atomic E-state index is -0.476. The van der Waals surface area contributed by atoms with Crippen LogP contribution in [0.5, 0.6) is 5.75 Å². The lowest BCUT2D eigenvalue weighted by atomic mass is 10.2. The molecule has 0 saturated heterocycles. The van der Waals surface area contributed by atoms with Crippen molar-refractivity contribution in [3.63, 3.8) is 0 Å². The van der Waals surface area contributed by atoms with Crippen LogP contribution in [-0.2, 0) is 0 Å². The third-order valence-electron chi connectivity index (χ3n) is 3.00. The van der Waals surface area contributed by atoms with E-state index in [1.165, 1.54) is 12.1 Å². The van der Waals surface area contributed by atoms with Gasteiger partial charge in [0.15, 0.2) is 17.5 Å². The van der Waals surface area contributed by atoms with Crippen LogP contribution in [-0.4, -0.2) is 18.0 Å². The van der Waals surface area contributed by atoms with Crippen molar-refractivity contribution >= 4 is 17.6 Å². The normalized spacial score (nSPS) is 16.1. The van der Waals surface area contributed by atoms with Gasteiger partial charge < -0.3 is 21.9 Å². The maximum atomic E-state index is 13.9. The molecule has 20 heavy (non-hydrogen) atoms. The first-order chi connectivity index (χ1) is 9.54. The average molecular weight is 279 g/mol. The van der Waals surface area contributed by atoms with Crippen LogP contribution in [0, 0.1) is 5.82 Å². The van der Waals surface area contributed by atoms with Crippen LogP contribution >= 0.6 is 0 Å². The molecular formula is C13H18FN5O. The van der Waals surface area contributed by atoms with Crippen molar-refractivity contribution in [2.45, 2.75) is 31.8 Å². The summed E-state index contributed by atoms with van der Waals surface area (Å²) in [5, 5.41) is 0. The highest BCUT2D eigenvalue weighted by Crippen LogP contribution is 2.28. The van der Waals surface area contributed by atoms with Crippen LogP contribution in [0.4, 0.5) is 10.1 Å². The lowest BCUT2D eigenvalue weighted by Gasteiger charge is -2.13. The van der Waals surface area contributed by atoms with E-state index in [0.29, 0.717) is 5.69 Å². The first-order valence-electron chi connectivity index (χ1n) is 6.44. The summed E-state index contributed by atoms with van der Waals surface area (Å²) in [7, 11) is 0. The fourth-order valence-electron chi connectivity index (χ4n) is 2.13. The molecule has 1 aliphatic rings. The molecule has 1 aliphatic carbocycles. The fourth-order valence-corrected chi connectivity index (χ4v) is 2.13. The van der Waals surface area contributed by atoms with E-state index in [4.69, 9.17) is 21.9 Å². The number of benzene rings is 1. The molecule has 108 valence electrons. The molecule has 6 nitrogen and oxygen atoms in total. The third-order valence-corrected chi connectivity index (χ3v) is 3.00. The first-order valence-corrected chi connectivity index (χ1v) is 6.44. The van der Waals surface area contributed by atoms with E-state index >= 15 is 0 Å². The minimum Gasteiger partial charge on any atom is -0.487 e. The Morgan fingerprint density at radius 1 is 1.20 bits per heavy atom. The molecule has 0 radical (unpaired) electrons. The van der Waals surface area contributed by atoms with Crippen molar-refractivity contribution in [1.29, 1.82) is 0 Å². The van der Waals surface area contributed by atoms with Crippen molar-refractivity contribution in [3.8, 4) is 5.75 Å². The molecular weight excluding hydrogens is 261 g/mol. The Morgan fingerprint density at radius 3 is 2.50 bits per heavy atom. The fraction of sp³-hybridized carbons (Fsp3) is 0.385. The van der Waals surface area contributed by atoms with Gasteiger partial charge in [-0.25, -0.2) is 9.38 Å². The number of ether oxygens (including phenoxy) is 1. The molecule has 0 aliphatic heterocycles. The zero-order valence-electron chi connectivity index (χ0n) is 11.1. The summed E-state index contributed by atoms with van der Waals surface area (Å²) >= 11 is 0.